The van der Waals surface area contributed by atoms with E-state index in [0.29, 0.717) is 26.1 Å². The third kappa shape index (κ3) is 5.01. The predicted molar refractivity (Wildman–Crippen MR) is 121 cm³/mol. The van der Waals surface area contributed by atoms with Crippen molar-refractivity contribution < 1.29 is 29.0 Å². The van der Waals surface area contributed by atoms with Gasteiger partial charge in [0.15, 0.2) is 0 Å². The first-order chi connectivity index (χ1) is 16.0. The van der Waals surface area contributed by atoms with E-state index in [2.05, 4.69) is 34.9 Å². The minimum atomic E-state index is -0.979. The first kappa shape index (κ1) is 22.8. The fraction of sp³-hybridized carbons (Fsp3) is 0.400. The highest BCUT2D eigenvalue weighted by Gasteiger charge is 2.40. The average Bonchev–Trinajstić information content (AvgIpc) is 3.15. The van der Waals surface area contributed by atoms with Crippen LogP contribution in [0.4, 0.5) is 4.79 Å². The molecule has 33 heavy (non-hydrogen) atoms. The van der Waals surface area contributed by atoms with E-state index in [1.807, 2.05) is 24.3 Å². The SMILES string of the molecule is O=C(O)CCNC(=O)C1(CNC(=O)OCC2c3ccccc3-c3ccccc32)CCOCC1. The van der Waals surface area contributed by atoms with E-state index in [9.17, 15) is 14.4 Å². The van der Waals surface area contributed by atoms with Crippen LogP contribution in [0.5, 0.6) is 0 Å². The number of carbonyl (C=O) groups excluding carboxylic acids is 2. The van der Waals surface area contributed by atoms with Gasteiger partial charge in [0, 0.05) is 32.2 Å². The fourth-order valence-electron chi connectivity index (χ4n) is 4.61. The Kier molecular flexibility index (Phi) is 6.93. The number of alkyl carbamates (subject to hydrolysis) is 1. The first-order valence-corrected chi connectivity index (χ1v) is 11.2. The van der Waals surface area contributed by atoms with Crippen molar-refractivity contribution in [3.63, 3.8) is 0 Å². The summed E-state index contributed by atoms with van der Waals surface area (Å²) in [7, 11) is 0. The average molecular weight is 453 g/mol. The summed E-state index contributed by atoms with van der Waals surface area (Å²) in [6, 6.07) is 16.2. The molecule has 0 saturated carbocycles. The summed E-state index contributed by atoms with van der Waals surface area (Å²) in [6.07, 6.45) is 0.143. The highest BCUT2D eigenvalue weighted by molar-refractivity contribution is 5.84. The van der Waals surface area contributed by atoms with Crippen LogP contribution in [0, 0.1) is 5.41 Å². The van der Waals surface area contributed by atoms with Crippen molar-refractivity contribution in [1.82, 2.24) is 10.6 Å². The van der Waals surface area contributed by atoms with Crippen LogP contribution in [0.25, 0.3) is 11.1 Å². The minimum Gasteiger partial charge on any atom is -0.481 e. The highest BCUT2D eigenvalue weighted by atomic mass is 16.5. The van der Waals surface area contributed by atoms with Crippen LogP contribution in [-0.2, 0) is 19.1 Å². The summed E-state index contributed by atoms with van der Waals surface area (Å²) in [5.74, 6) is -1.29. The maximum Gasteiger partial charge on any atom is 0.407 e. The lowest BCUT2D eigenvalue weighted by Crippen LogP contribution is -2.51. The number of nitrogens with one attached hydrogen (secondary N) is 2. The maximum absolute atomic E-state index is 12.8. The van der Waals surface area contributed by atoms with Gasteiger partial charge in [0.1, 0.15) is 6.61 Å². The van der Waals surface area contributed by atoms with E-state index in [1.54, 1.807) is 0 Å². The molecule has 1 heterocycles. The molecule has 1 aliphatic carbocycles. The molecule has 1 aliphatic heterocycles. The van der Waals surface area contributed by atoms with Gasteiger partial charge in [-0.15, -0.1) is 0 Å². The van der Waals surface area contributed by atoms with Gasteiger partial charge in [-0.3, -0.25) is 9.59 Å². The van der Waals surface area contributed by atoms with E-state index in [0.717, 1.165) is 22.3 Å². The summed E-state index contributed by atoms with van der Waals surface area (Å²) in [5, 5.41) is 14.2. The third-order valence-electron chi connectivity index (χ3n) is 6.47. The van der Waals surface area contributed by atoms with Gasteiger partial charge < -0.3 is 25.2 Å². The van der Waals surface area contributed by atoms with E-state index >= 15 is 0 Å². The van der Waals surface area contributed by atoms with E-state index in [1.165, 1.54) is 0 Å². The molecule has 1 fully saturated rings. The highest BCUT2D eigenvalue weighted by Crippen LogP contribution is 2.44. The van der Waals surface area contributed by atoms with Gasteiger partial charge in [-0.2, -0.15) is 0 Å². The molecular weight excluding hydrogens is 424 g/mol. The zero-order valence-corrected chi connectivity index (χ0v) is 18.3. The maximum atomic E-state index is 12.8. The number of fused-ring (bicyclic) bond motifs is 3. The molecule has 2 aliphatic rings. The molecule has 8 heteroatoms. The molecule has 0 unspecified atom stereocenters. The predicted octanol–water partition coefficient (Wildman–Crippen LogP) is 2.91. The molecule has 2 aromatic rings. The molecular formula is C25H28N2O6. The number of carbonyl (C=O) groups is 3. The van der Waals surface area contributed by atoms with Crippen molar-refractivity contribution in [3.8, 4) is 11.1 Å². The number of amides is 2. The second-order valence-corrected chi connectivity index (χ2v) is 8.47. The number of rotatable bonds is 8. The molecule has 3 N–H and O–H groups in total. The Bertz CT molecular complexity index is 986. The molecule has 0 aromatic heterocycles. The summed E-state index contributed by atoms with van der Waals surface area (Å²) in [6.45, 7) is 1.14. The van der Waals surface area contributed by atoms with E-state index in [4.69, 9.17) is 14.6 Å². The Morgan fingerprint density at radius 1 is 0.970 bits per heavy atom. The van der Waals surface area contributed by atoms with Crippen molar-refractivity contribution >= 4 is 18.0 Å². The first-order valence-electron chi connectivity index (χ1n) is 11.2. The van der Waals surface area contributed by atoms with E-state index in [-0.39, 0.29) is 37.9 Å². The van der Waals surface area contributed by atoms with Gasteiger partial charge in [-0.1, -0.05) is 48.5 Å². The van der Waals surface area contributed by atoms with Crippen molar-refractivity contribution in [2.45, 2.75) is 25.2 Å². The molecule has 0 radical (unpaired) electrons. The van der Waals surface area contributed by atoms with Crippen LogP contribution in [0.1, 0.15) is 36.3 Å². The third-order valence-corrected chi connectivity index (χ3v) is 6.47. The molecule has 0 bridgehead atoms. The lowest BCUT2D eigenvalue weighted by Gasteiger charge is -2.35. The smallest absolute Gasteiger partial charge is 0.407 e. The lowest BCUT2D eigenvalue weighted by atomic mass is 9.79. The van der Waals surface area contributed by atoms with E-state index < -0.39 is 17.5 Å². The molecule has 1 saturated heterocycles. The second-order valence-electron chi connectivity index (χ2n) is 8.47. The van der Waals surface area contributed by atoms with Gasteiger partial charge in [0.25, 0.3) is 0 Å². The number of ether oxygens (including phenoxy) is 2. The standard InChI is InChI=1S/C25H28N2O6/c28-22(29)9-12-26-23(30)25(10-13-32-14-11-25)16-27-24(31)33-15-21-19-7-3-1-5-17(19)18-6-2-4-8-20(18)21/h1-8,21H,9-16H2,(H,26,30)(H,27,31)(H,28,29). The Morgan fingerprint density at radius 3 is 2.18 bits per heavy atom. The molecule has 2 amide bonds. The fourth-order valence-corrected chi connectivity index (χ4v) is 4.61. The Labute approximate surface area is 192 Å². The number of carboxylic acid groups (broad SMARTS) is 1. The molecule has 4 rings (SSSR count). The van der Waals surface area contributed by atoms with Crippen LogP contribution < -0.4 is 10.6 Å². The van der Waals surface area contributed by atoms with Crippen molar-refractivity contribution in [1.29, 1.82) is 0 Å². The zero-order chi connectivity index (χ0) is 23.3. The molecule has 8 nitrogen and oxygen atoms in total. The Morgan fingerprint density at radius 2 is 1.58 bits per heavy atom. The van der Waals surface area contributed by atoms with Gasteiger partial charge in [0.05, 0.1) is 11.8 Å². The van der Waals surface area contributed by atoms with Gasteiger partial charge in [-0.05, 0) is 35.1 Å². The molecule has 0 spiro atoms. The monoisotopic (exact) mass is 452 g/mol. The minimum absolute atomic E-state index is 0.0421. The van der Waals surface area contributed by atoms with Crippen LogP contribution in [0.15, 0.2) is 48.5 Å². The lowest BCUT2D eigenvalue weighted by molar-refractivity contribution is -0.138. The van der Waals surface area contributed by atoms with Gasteiger partial charge in [0.2, 0.25) is 5.91 Å². The zero-order valence-electron chi connectivity index (χ0n) is 18.3. The number of carboxylic acids is 1. The van der Waals surface area contributed by atoms with Gasteiger partial charge in [-0.25, -0.2) is 4.79 Å². The van der Waals surface area contributed by atoms with Crippen LogP contribution in [0.2, 0.25) is 0 Å². The van der Waals surface area contributed by atoms with Crippen molar-refractivity contribution in [3.05, 3.63) is 59.7 Å². The number of hydrogen-bond donors (Lipinski definition) is 3. The topological polar surface area (TPSA) is 114 Å². The van der Waals surface area contributed by atoms with Crippen LogP contribution in [-0.4, -0.2) is 56.0 Å². The number of aliphatic carboxylic acids is 1. The number of benzene rings is 2. The second kappa shape index (κ2) is 10.0. The summed E-state index contributed by atoms with van der Waals surface area (Å²) in [5.41, 5.74) is 3.72. The number of hydrogen-bond acceptors (Lipinski definition) is 5. The Balaban J connectivity index is 1.36. The van der Waals surface area contributed by atoms with Gasteiger partial charge >= 0.3 is 12.1 Å². The molecule has 2 aromatic carbocycles. The van der Waals surface area contributed by atoms with Crippen molar-refractivity contribution in [2.75, 3.05) is 32.9 Å². The van der Waals surface area contributed by atoms with Crippen LogP contribution >= 0.6 is 0 Å². The summed E-state index contributed by atoms with van der Waals surface area (Å²) >= 11 is 0. The molecule has 174 valence electrons. The normalized spacial score (nSPS) is 16.4. The Hall–Kier alpha value is -3.39. The largest absolute Gasteiger partial charge is 0.481 e. The molecule has 0 atom stereocenters. The summed E-state index contributed by atoms with van der Waals surface area (Å²) < 4.78 is 11.0. The van der Waals surface area contributed by atoms with Crippen LogP contribution in [0.3, 0.4) is 0 Å². The quantitative estimate of drug-likeness (QED) is 0.568. The summed E-state index contributed by atoms with van der Waals surface area (Å²) in [4.78, 5) is 36.1. The van der Waals surface area contributed by atoms with Crippen molar-refractivity contribution in [2.24, 2.45) is 5.41 Å².